The Hall–Kier alpha value is -1.47. The fraction of sp³-hybridized carbons (Fsp3) is 0. The number of para-hydroxylation sites is 1. The Morgan fingerprint density at radius 2 is 1.50 bits per heavy atom. The molecule has 70 valence electrons. The van der Waals surface area contributed by atoms with E-state index in [9.17, 15) is 5.11 Å². The second kappa shape index (κ2) is 3.72. The van der Waals surface area contributed by atoms with E-state index in [4.69, 9.17) is 11.6 Å². The van der Waals surface area contributed by atoms with E-state index in [0.29, 0.717) is 5.02 Å². The van der Waals surface area contributed by atoms with Crippen molar-refractivity contribution in [3.05, 3.63) is 53.6 Å². The van der Waals surface area contributed by atoms with Crippen molar-refractivity contribution in [3.8, 4) is 16.9 Å². The van der Waals surface area contributed by atoms with Crippen LogP contribution in [-0.4, -0.2) is 5.11 Å². The molecule has 0 aliphatic heterocycles. The lowest BCUT2D eigenvalue weighted by atomic mass is 10.1. The molecule has 0 atom stereocenters. The Balaban J connectivity index is 2.50. The van der Waals surface area contributed by atoms with Gasteiger partial charge < -0.3 is 5.11 Å². The molecule has 0 fully saturated rings. The van der Waals surface area contributed by atoms with Crippen LogP contribution in [0.4, 0.5) is 0 Å². The largest absolute Gasteiger partial charge is 0.507 e. The summed E-state index contributed by atoms with van der Waals surface area (Å²) in [6, 6.07) is 14.6. The minimum atomic E-state index is 0.287. The molecule has 2 aromatic rings. The Morgan fingerprint density at radius 1 is 0.857 bits per heavy atom. The van der Waals surface area contributed by atoms with Gasteiger partial charge in [-0.25, -0.2) is 0 Å². The van der Waals surface area contributed by atoms with Gasteiger partial charge in [0.1, 0.15) is 5.75 Å². The first-order chi connectivity index (χ1) is 6.77. The quantitative estimate of drug-likeness (QED) is 0.751. The average Bonchev–Trinajstić information content (AvgIpc) is 2.20. The van der Waals surface area contributed by atoms with Gasteiger partial charge in [0, 0.05) is 10.6 Å². The molecule has 0 aliphatic rings. The van der Waals surface area contributed by atoms with Crippen molar-refractivity contribution in [2.45, 2.75) is 0 Å². The first-order valence-corrected chi connectivity index (χ1v) is 4.69. The maximum Gasteiger partial charge on any atom is 0.123 e. The van der Waals surface area contributed by atoms with Crippen LogP contribution in [0.15, 0.2) is 48.5 Å². The Kier molecular flexibility index (Phi) is 2.42. The van der Waals surface area contributed by atoms with Crippen LogP contribution >= 0.6 is 11.6 Å². The average molecular weight is 205 g/mol. The zero-order valence-corrected chi connectivity index (χ0v) is 8.20. The van der Waals surface area contributed by atoms with E-state index in [-0.39, 0.29) is 5.75 Å². The molecule has 2 heteroatoms. The molecule has 0 aliphatic carbocycles. The predicted octanol–water partition coefficient (Wildman–Crippen LogP) is 3.71. The number of benzene rings is 2. The minimum Gasteiger partial charge on any atom is -0.507 e. The van der Waals surface area contributed by atoms with Crippen molar-refractivity contribution < 1.29 is 5.11 Å². The third kappa shape index (κ3) is 1.73. The lowest BCUT2D eigenvalue weighted by molar-refractivity contribution is 0.477. The summed E-state index contributed by atoms with van der Waals surface area (Å²) in [4.78, 5) is 0. The number of phenols is 1. The highest BCUT2D eigenvalue weighted by Gasteiger charge is 2.01. The minimum absolute atomic E-state index is 0.287. The standard InChI is InChI=1S/C12H9ClO/c13-10-7-5-9(6-8-10)11-3-1-2-4-12(11)14/h1-8,14H. The first kappa shape index (κ1) is 9.10. The molecule has 0 saturated carbocycles. The van der Waals surface area contributed by atoms with Crippen molar-refractivity contribution in [3.63, 3.8) is 0 Å². The maximum atomic E-state index is 9.60. The summed E-state index contributed by atoms with van der Waals surface area (Å²) >= 11 is 5.78. The van der Waals surface area contributed by atoms with Gasteiger partial charge in [-0.05, 0) is 23.8 Å². The van der Waals surface area contributed by atoms with Crippen molar-refractivity contribution in [1.82, 2.24) is 0 Å². The molecule has 0 radical (unpaired) electrons. The molecule has 0 heterocycles. The van der Waals surface area contributed by atoms with Crippen molar-refractivity contribution in [2.75, 3.05) is 0 Å². The molecule has 0 unspecified atom stereocenters. The van der Waals surface area contributed by atoms with Crippen LogP contribution < -0.4 is 0 Å². The van der Waals surface area contributed by atoms with Crippen LogP contribution in [0.1, 0.15) is 0 Å². The second-order valence-electron chi connectivity index (χ2n) is 3.02. The summed E-state index contributed by atoms with van der Waals surface area (Å²) in [5, 5.41) is 10.3. The number of phenolic OH excluding ortho intramolecular Hbond substituents is 1. The molecule has 0 amide bonds. The van der Waals surface area contributed by atoms with E-state index in [2.05, 4.69) is 0 Å². The summed E-state index contributed by atoms with van der Waals surface area (Å²) < 4.78 is 0. The lowest BCUT2D eigenvalue weighted by Gasteiger charge is -2.03. The van der Waals surface area contributed by atoms with Crippen LogP contribution in [-0.2, 0) is 0 Å². The highest BCUT2D eigenvalue weighted by Crippen LogP contribution is 2.29. The number of rotatable bonds is 1. The topological polar surface area (TPSA) is 20.2 Å². The van der Waals surface area contributed by atoms with Gasteiger partial charge in [-0.15, -0.1) is 0 Å². The molecule has 0 bridgehead atoms. The van der Waals surface area contributed by atoms with E-state index >= 15 is 0 Å². The number of hydrogen-bond acceptors (Lipinski definition) is 1. The van der Waals surface area contributed by atoms with Crippen LogP contribution in [0, 0.1) is 0 Å². The van der Waals surface area contributed by atoms with E-state index in [1.165, 1.54) is 0 Å². The third-order valence-electron chi connectivity index (χ3n) is 2.06. The van der Waals surface area contributed by atoms with Gasteiger partial charge in [-0.2, -0.15) is 0 Å². The van der Waals surface area contributed by atoms with Gasteiger partial charge in [0.2, 0.25) is 0 Å². The van der Waals surface area contributed by atoms with E-state index in [1.807, 2.05) is 36.4 Å². The molecule has 2 aromatic carbocycles. The summed E-state index contributed by atoms with van der Waals surface area (Å²) in [6.07, 6.45) is 0. The SMILES string of the molecule is Oc1ccccc1-c1ccc(Cl)cc1. The zero-order valence-electron chi connectivity index (χ0n) is 7.44. The van der Waals surface area contributed by atoms with Gasteiger partial charge in [-0.3, -0.25) is 0 Å². The van der Waals surface area contributed by atoms with Gasteiger partial charge in [-0.1, -0.05) is 41.9 Å². The summed E-state index contributed by atoms with van der Waals surface area (Å²) in [5.74, 6) is 0.287. The molecule has 1 N–H and O–H groups in total. The van der Waals surface area contributed by atoms with Crippen LogP contribution in [0.25, 0.3) is 11.1 Å². The number of hydrogen-bond donors (Lipinski definition) is 1. The van der Waals surface area contributed by atoms with Gasteiger partial charge >= 0.3 is 0 Å². The number of halogens is 1. The van der Waals surface area contributed by atoms with Crippen molar-refractivity contribution in [2.24, 2.45) is 0 Å². The Morgan fingerprint density at radius 3 is 2.14 bits per heavy atom. The van der Waals surface area contributed by atoms with Gasteiger partial charge in [0.15, 0.2) is 0 Å². The Bertz CT molecular complexity index is 434. The fourth-order valence-corrected chi connectivity index (χ4v) is 1.47. The first-order valence-electron chi connectivity index (χ1n) is 4.31. The highest BCUT2D eigenvalue weighted by atomic mass is 35.5. The smallest absolute Gasteiger partial charge is 0.123 e. The predicted molar refractivity (Wildman–Crippen MR) is 58.6 cm³/mol. The van der Waals surface area contributed by atoms with Crippen LogP contribution in [0.5, 0.6) is 5.75 Å². The maximum absolute atomic E-state index is 9.60. The number of aromatic hydroxyl groups is 1. The van der Waals surface area contributed by atoms with Crippen molar-refractivity contribution >= 4 is 11.6 Å². The third-order valence-corrected chi connectivity index (χ3v) is 2.31. The van der Waals surface area contributed by atoms with E-state index in [1.54, 1.807) is 12.1 Å². The van der Waals surface area contributed by atoms with E-state index in [0.717, 1.165) is 11.1 Å². The molecule has 14 heavy (non-hydrogen) atoms. The molecule has 0 saturated heterocycles. The fourth-order valence-electron chi connectivity index (χ4n) is 1.35. The van der Waals surface area contributed by atoms with Crippen LogP contribution in [0.3, 0.4) is 0 Å². The molecule has 2 rings (SSSR count). The summed E-state index contributed by atoms with van der Waals surface area (Å²) in [6.45, 7) is 0. The molecular weight excluding hydrogens is 196 g/mol. The zero-order chi connectivity index (χ0) is 9.97. The lowest BCUT2D eigenvalue weighted by Crippen LogP contribution is -1.77. The molecule has 0 aromatic heterocycles. The van der Waals surface area contributed by atoms with Crippen LogP contribution in [0.2, 0.25) is 5.02 Å². The van der Waals surface area contributed by atoms with Gasteiger partial charge in [0.05, 0.1) is 0 Å². The molecule has 0 spiro atoms. The van der Waals surface area contributed by atoms with Crippen molar-refractivity contribution in [1.29, 1.82) is 0 Å². The monoisotopic (exact) mass is 204 g/mol. The normalized spacial score (nSPS) is 10.1. The highest BCUT2D eigenvalue weighted by molar-refractivity contribution is 6.30. The summed E-state index contributed by atoms with van der Waals surface area (Å²) in [5.41, 5.74) is 1.79. The molecule has 1 nitrogen and oxygen atoms in total. The summed E-state index contributed by atoms with van der Waals surface area (Å²) in [7, 11) is 0. The van der Waals surface area contributed by atoms with Gasteiger partial charge in [0.25, 0.3) is 0 Å². The Labute approximate surface area is 87.6 Å². The molecular formula is C12H9ClO. The second-order valence-corrected chi connectivity index (χ2v) is 3.46. The van der Waals surface area contributed by atoms with E-state index < -0.39 is 0 Å².